The molecule has 1 atom stereocenters. The largest absolute Gasteiger partial charge is 0.478 e. The van der Waals surface area contributed by atoms with Crippen LogP contribution in [0.25, 0.3) is 11.0 Å². The number of para-hydroxylation sites is 2. The summed E-state index contributed by atoms with van der Waals surface area (Å²) in [4.78, 5) is 26.2. The van der Waals surface area contributed by atoms with Crippen molar-refractivity contribution in [2.24, 2.45) is 0 Å². The lowest BCUT2D eigenvalue weighted by atomic mass is 10.1. The van der Waals surface area contributed by atoms with Gasteiger partial charge < -0.3 is 14.5 Å². The predicted octanol–water partition coefficient (Wildman–Crippen LogP) is 6.36. The molecule has 3 aromatic carbocycles. The van der Waals surface area contributed by atoms with Crippen molar-refractivity contribution >= 4 is 44.3 Å². The van der Waals surface area contributed by atoms with Crippen LogP contribution in [0.1, 0.15) is 29.5 Å². The highest BCUT2D eigenvalue weighted by Gasteiger charge is 2.27. The molecule has 4 rings (SSSR count). The minimum absolute atomic E-state index is 0.0160. The number of rotatable bonds is 7. The fourth-order valence-corrected chi connectivity index (χ4v) is 3.55. The lowest BCUT2D eigenvalue weighted by molar-refractivity contribution is -0.122. The molecule has 0 radical (unpaired) electrons. The van der Waals surface area contributed by atoms with E-state index in [1.165, 1.54) is 12.1 Å². The smallest absolute Gasteiger partial charge is 0.265 e. The van der Waals surface area contributed by atoms with Crippen LogP contribution in [0, 0.1) is 5.82 Å². The van der Waals surface area contributed by atoms with Crippen LogP contribution >= 0.6 is 15.9 Å². The third-order valence-corrected chi connectivity index (χ3v) is 5.45. The first-order valence-electron chi connectivity index (χ1n) is 10.0. The second-order valence-electron chi connectivity index (χ2n) is 7.07. The predicted molar refractivity (Wildman–Crippen MR) is 124 cm³/mol. The van der Waals surface area contributed by atoms with Gasteiger partial charge in [0.2, 0.25) is 5.78 Å². The SMILES string of the molecule is CC[C@H](Oc1ccccc1F)C(=O)Nc1c(C(=O)c2ccc(Br)cc2)oc2ccccc12. The van der Waals surface area contributed by atoms with Gasteiger partial charge >= 0.3 is 0 Å². The van der Waals surface area contributed by atoms with Crippen molar-refractivity contribution in [1.82, 2.24) is 0 Å². The number of fused-ring (bicyclic) bond motifs is 1. The van der Waals surface area contributed by atoms with Gasteiger partial charge in [-0.2, -0.15) is 0 Å². The maximum Gasteiger partial charge on any atom is 0.265 e. The number of benzene rings is 3. The van der Waals surface area contributed by atoms with Gasteiger partial charge in [0.15, 0.2) is 23.4 Å². The van der Waals surface area contributed by atoms with E-state index in [0.717, 1.165) is 4.47 Å². The van der Waals surface area contributed by atoms with Gasteiger partial charge in [-0.15, -0.1) is 0 Å². The Hall–Kier alpha value is -3.45. The Balaban J connectivity index is 1.67. The van der Waals surface area contributed by atoms with Gasteiger partial charge in [-0.1, -0.05) is 47.1 Å². The van der Waals surface area contributed by atoms with Crippen LogP contribution in [-0.2, 0) is 4.79 Å². The highest BCUT2D eigenvalue weighted by molar-refractivity contribution is 9.10. The molecule has 1 aromatic heterocycles. The lowest BCUT2D eigenvalue weighted by Gasteiger charge is -2.17. The maximum absolute atomic E-state index is 14.0. The van der Waals surface area contributed by atoms with Crippen LogP contribution in [0.3, 0.4) is 0 Å². The Kier molecular flexibility index (Phi) is 6.37. The fourth-order valence-electron chi connectivity index (χ4n) is 3.28. The molecule has 0 aliphatic rings. The summed E-state index contributed by atoms with van der Waals surface area (Å²) in [5.74, 6) is -1.43. The van der Waals surface area contributed by atoms with Crippen LogP contribution in [0.2, 0.25) is 0 Å². The Morgan fingerprint density at radius 1 is 1.03 bits per heavy atom. The summed E-state index contributed by atoms with van der Waals surface area (Å²) in [6.45, 7) is 1.76. The Bertz CT molecular complexity index is 1280. The van der Waals surface area contributed by atoms with Crippen LogP contribution in [0.5, 0.6) is 5.75 Å². The molecule has 4 aromatic rings. The van der Waals surface area contributed by atoms with E-state index < -0.39 is 17.8 Å². The fraction of sp³-hybridized carbons (Fsp3) is 0.120. The summed E-state index contributed by atoms with van der Waals surface area (Å²) >= 11 is 3.35. The van der Waals surface area contributed by atoms with Gasteiger partial charge in [-0.05, 0) is 55.0 Å². The number of ether oxygens (including phenoxy) is 1. The molecule has 0 saturated carbocycles. The summed E-state index contributed by atoms with van der Waals surface area (Å²) in [5.41, 5.74) is 1.14. The van der Waals surface area contributed by atoms with Crippen molar-refractivity contribution in [3.8, 4) is 5.75 Å². The number of halogens is 2. The summed E-state index contributed by atoms with van der Waals surface area (Å²) in [5, 5.41) is 3.36. The van der Waals surface area contributed by atoms with Crippen molar-refractivity contribution < 1.29 is 23.1 Å². The second-order valence-corrected chi connectivity index (χ2v) is 7.99. The zero-order valence-corrected chi connectivity index (χ0v) is 18.7. The van der Waals surface area contributed by atoms with E-state index in [9.17, 15) is 14.0 Å². The molecule has 7 heteroatoms. The van der Waals surface area contributed by atoms with Gasteiger partial charge in [0.1, 0.15) is 5.58 Å². The minimum Gasteiger partial charge on any atom is -0.478 e. The first-order chi connectivity index (χ1) is 15.5. The molecule has 0 bridgehead atoms. The van der Waals surface area contributed by atoms with Gasteiger partial charge in [0.25, 0.3) is 5.91 Å². The summed E-state index contributed by atoms with van der Waals surface area (Å²) in [6, 6.07) is 19.8. The molecule has 0 aliphatic carbocycles. The van der Waals surface area contributed by atoms with Crippen molar-refractivity contribution in [2.45, 2.75) is 19.4 Å². The van der Waals surface area contributed by atoms with Crippen LogP contribution in [0.4, 0.5) is 10.1 Å². The van der Waals surface area contributed by atoms with E-state index in [-0.39, 0.29) is 23.0 Å². The van der Waals surface area contributed by atoms with Crippen LogP contribution in [-0.4, -0.2) is 17.8 Å². The van der Waals surface area contributed by atoms with Gasteiger partial charge in [-0.25, -0.2) is 4.39 Å². The van der Waals surface area contributed by atoms with Crippen molar-refractivity contribution in [3.63, 3.8) is 0 Å². The zero-order valence-electron chi connectivity index (χ0n) is 17.1. The van der Waals surface area contributed by atoms with E-state index in [0.29, 0.717) is 23.0 Å². The van der Waals surface area contributed by atoms with E-state index in [2.05, 4.69) is 21.2 Å². The number of carbonyl (C=O) groups excluding carboxylic acids is 2. The number of anilines is 1. The minimum atomic E-state index is -0.962. The molecule has 162 valence electrons. The summed E-state index contributed by atoms with van der Waals surface area (Å²) in [6.07, 6.45) is -0.664. The lowest BCUT2D eigenvalue weighted by Crippen LogP contribution is -2.33. The number of ketones is 1. The van der Waals surface area contributed by atoms with Crippen LogP contribution < -0.4 is 10.1 Å². The standard InChI is InChI=1S/C25H19BrFNO4/c1-2-19(31-21-10-6-4-8-18(21)27)25(30)28-22-17-7-3-5-9-20(17)32-24(22)23(29)15-11-13-16(26)14-12-15/h3-14,19H,2H2,1H3,(H,28,30)/t19-/m0/s1. The number of furan rings is 1. The quantitative estimate of drug-likeness (QED) is 0.303. The van der Waals surface area contributed by atoms with E-state index in [4.69, 9.17) is 9.15 Å². The molecule has 5 nitrogen and oxygen atoms in total. The Morgan fingerprint density at radius 3 is 2.44 bits per heavy atom. The molecule has 1 amide bonds. The highest BCUT2D eigenvalue weighted by atomic mass is 79.9. The number of carbonyl (C=O) groups is 2. The number of amides is 1. The maximum atomic E-state index is 14.0. The number of hydrogen-bond donors (Lipinski definition) is 1. The van der Waals surface area contributed by atoms with Gasteiger partial charge in [0.05, 0.1) is 5.69 Å². The van der Waals surface area contributed by atoms with Crippen LogP contribution in [0.15, 0.2) is 81.7 Å². The average Bonchev–Trinajstić information content (AvgIpc) is 3.17. The average molecular weight is 496 g/mol. The monoisotopic (exact) mass is 495 g/mol. The molecule has 0 saturated heterocycles. The molecule has 0 fully saturated rings. The van der Waals surface area contributed by atoms with Crippen molar-refractivity contribution in [3.05, 3.63) is 94.4 Å². The first kappa shape index (κ1) is 21.8. The second kappa shape index (κ2) is 9.36. The molecule has 1 heterocycles. The van der Waals surface area contributed by atoms with Crippen molar-refractivity contribution in [2.75, 3.05) is 5.32 Å². The third-order valence-electron chi connectivity index (χ3n) is 4.93. The van der Waals surface area contributed by atoms with Gasteiger partial charge in [0, 0.05) is 15.4 Å². The topological polar surface area (TPSA) is 68.5 Å². The zero-order chi connectivity index (χ0) is 22.7. The van der Waals surface area contributed by atoms with E-state index in [1.807, 2.05) is 0 Å². The molecule has 1 N–H and O–H groups in total. The number of nitrogens with one attached hydrogen (secondary N) is 1. The third kappa shape index (κ3) is 4.43. The first-order valence-corrected chi connectivity index (χ1v) is 10.8. The molecular weight excluding hydrogens is 477 g/mol. The molecule has 0 aliphatic heterocycles. The number of hydrogen-bond acceptors (Lipinski definition) is 4. The Labute approximate surface area is 192 Å². The van der Waals surface area contributed by atoms with Gasteiger partial charge in [-0.3, -0.25) is 9.59 Å². The molecule has 0 unspecified atom stereocenters. The highest BCUT2D eigenvalue weighted by Crippen LogP contribution is 2.33. The summed E-state index contributed by atoms with van der Waals surface area (Å²) < 4.78 is 26.3. The molecular formula is C25H19BrFNO4. The normalized spacial score (nSPS) is 11.8. The summed E-state index contributed by atoms with van der Waals surface area (Å²) in [7, 11) is 0. The Morgan fingerprint density at radius 2 is 1.72 bits per heavy atom. The molecule has 0 spiro atoms. The van der Waals surface area contributed by atoms with E-state index in [1.54, 1.807) is 67.6 Å². The molecule has 32 heavy (non-hydrogen) atoms. The van der Waals surface area contributed by atoms with Crippen molar-refractivity contribution in [1.29, 1.82) is 0 Å². The van der Waals surface area contributed by atoms with E-state index >= 15 is 0 Å².